The first-order valence-corrected chi connectivity index (χ1v) is 11.2. The fourth-order valence-electron chi connectivity index (χ4n) is 3.30. The van der Waals surface area contributed by atoms with Crippen molar-refractivity contribution in [1.29, 1.82) is 0 Å². The highest BCUT2D eigenvalue weighted by atomic mass is 32.1. The number of nitrogens with one attached hydrogen (secondary N) is 1. The standard InChI is InChI=1S/C25H24N4O3S/c1-4-8-17-11-12-19(20(15-17)31-3)32-16-21(30)27-25-28-22(18-9-6-5-7-10-18)23(33-25)24-26-13-14-29(24)2/h4-15H,16H2,1-3H3,(H,27,28,30)/b8-4+. The lowest BCUT2D eigenvalue weighted by Gasteiger charge is -2.11. The van der Waals surface area contributed by atoms with Crippen LogP contribution in [0.3, 0.4) is 0 Å². The summed E-state index contributed by atoms with van der Waals surface area (Å²) in [6.45, 7) is 1.78. The van der Waals surface area contributed by atoms with E-state index in [1.165, 1.54) is 11.3 Å². The molecule has 4 aromatic rings. The predicted molar refractivity (Wildman–Crippen MR) is 132 cm³/mol. The average Bonchev–Trinajstić information content (AvgIpc) is 3.44. The van der Waals surface area contributed by atoms with Gasteiger partial charge < -0.3 is 14.0 Å². The van der Waals surface area contributed by atoms with Crippen molar-refractivity contribution in [2.24, 2.45) is 7.05 Å². The van der Waals surface area contributed by atoms with Crippen molar-refractivity contribution in [1.82, 2.24) is 14.5 Å². The first kappa shape index (κ1) is 22.3. The third-order valence-corrected chi connectivity index (χ3v) is 5.82. The number of carbonyl (C=O) groups excluding carboxylic acids is 1. The van der Waals surface area contributed by atoms with Crippen molar-refractivity contribution in [3.8, 4) is 33.5 Å². The summed E-state index contributed by atoms with van der Waals surface area (Å²) in [5, 5.41) is 3.33. The molecular formula is C25H24N4O3S. The summed E-state index contributed by atoms with van der Waals surface area (Å²) in [5.74, 6) is 1.54. The molecule has 2 aromatic heterocycles. The van der Waals surface area contributed by atoms with E-state index in [0.717, 1.165) is 27.5 Å². The molecule has 168 valence electrons. The Bertz CT molecular complexity index is 1280. The molecule has 0 bridgehead atoms. The number of imidazole rings is 1. The van der Waals surface area contributed by atoms with Crippen molar-refractivity contribution >= 4 is 28.5 Å². The summed E-state index contributed by atoms with van der Waals surface area (Å²) >= 11 is 1.38. The molecule has 0 atom stereocenters. The van der Waals surface area contributed by atoms with Gasteiger partial charge >= 0.3 is 0 Å². The van der Waals surface area contributed by atoms with Gasteiger partial charge in [-0.2, -0.15) is 0 Å². The summed E-state index contributed by atoms with van der Waals surface area (Å²) in [7, 11) is 3.50. The number of anilines is 1. The van der Waals surface area contributed by atoms with Crippen LogP contribution in [0.15, 0.2) is 67.0 Å². The number of aromatic nitrogens is 3. The van der Waals surface area contributed by atoms with Gasteiger partial charge in [-0.15, -0.1) is 0 Å². The Morgan fingerprint density at radius 3 is 2.70 bits per heavy atom. The van der Waals surface area contributed by atoms with Crippen LogP contribution in [0.5, 0.6) is 11.5 Å². The number of ether oxygens (including phenoxy) is 2. The molecule has 0 spiro atoms. The lowest BCUT2D eigenvalue weighted by Crippen LogP contribution is -2.20. The zero-order chi connectivity index (χ0) is 23.2. The largest absolute Gasteiger partial charge is 0.493 e. The second-order valence-electron chi connectivity index (χ2n) is 7.17. The van der Waals surface area contributed by atoms with Crippen LogP contribution in [0, 0.1) is 0 Å². The third kappa shape index (κ3) is 5.12. The Kier molecular flexibility index (Phi) is 6.85. The second-order valence-corrected chi connectivity index (χ2v) is 8.17. The average molecular weight is 461 g/mol. The number of amides is 1. The number of carbonyl (C=O) groups is 1. The van der Waals surface area contributed by atoms with E-state index < -0.39 is 0 Å². The molecule has 4 rings (SSSR count). The Labute approximate surface area is 196 Å². The summed E-state index contributed by atoms with van der Waals surface area (Å²) in [5.41, 5.74) is 2.71. The molecule has 0 aliphatic rings. The fourth-order valence-corrected chi connectivity index (χ4v) is 4.34. The summed E-state index contributed by atoms with van der Waals surface area (Å²) in [4.78, 5) is 22.6. The first-order chi connectivity index (χ1) is 16.1. The fraction of sp³-hybridized carbons (Fsp3) is 0.160. The maximum Gasteiger partial charge on any atom is 0.264 e. The lowest BCUT2D eigenvalue weighted by molar-refractivity contribution is -0.118. The smallest absolute Gasteiger partial charge is 0.264 e. The van der Waals surface area contributed by atoms with E-state index >= 15 is 0 Å². The molecule has 0 fully saturated rings. The monoisotopic (exact) mass is 460 g/mol. The first-order valence-electron chi connectivity index (χ1n) is 10.4. The van der Waals surface area contributed by atoms with Crippen molar-refractivity contribution in [3.63, 3.8) is 0 Å². The number of nitrogens with zero attached hydrogens (tertiary/aromatic N) is 3. The van der Waals surface area contributed by atoms with Crippen LogP contribution in [0.4, 0.5) is 5.13 Å². The van der Waals surface area contributed by atoms with Gasteiger partial charge in [0.1, 0.15) is 0 Å². The molecule has 0 saturated carbocycles. The van der Waals surface area contributed by atoms with Gasteiger partial charge in [-0.1, -0.05) is 59.9 Å². The minimum absolute atomic E-state index is 0.169. The van der Waals surface area contributed by atoms with Crippen LogP contribution in [0.2, 0.25) is 0 Å². The molecule has 2 aromatic carbocycles. The van der Waals surface area contributed by atoms with Gasteiger partial charge in [0, 0.05) is 25.0 Å². The number of allylic oxidation sites excluding steroid dienone is 1. The van der Waals surface area contributed by atoms with Gasteiger partial charge in [0.05, 0.1) is 17.7 Å². The SMILES string of the molecule is C/C=C/c1ccc(OCC(=O)Nc2nc(-c3ccccc3)c(-c3nccn3C)s2)c(OC)c1. The number of rotatable bonds is 8. The van der Waals surface area contributed by atoms with Crippen LogP contribution in [-0.4, -0.2) is 34.2 Å². The van der Waals surface area contributed by atoms with Crippen LogP contribution in [-0.2, 0) is 11.8 Å². The summed E-state index contributed by atoms with van der Waals surface area (Å²) < 4.78 is 13.0. The van der Waals surface area contributed by atoms with Crippen LogP contribution in [0.25, 0.3) is 28.0 Å². The molecule has 2 heterocycles. The number of methoxy groups -OCH3 is 1. The Morgan fingerprint density at radius 1 is 1.18 bits per heavy atom. The zero-order valence-corrected chi connectivity index (χ0v) is 19.4. The minimum Gasteiger partial charge on any atom is -0.493 e. The van der Waals surface area contributed by atoms with Gasteiger partial charge in [-0.05, 0) is 24.6 Å². The Morgan fingerprint density at radius 2 is 2.00 bits per heavy atom. The Hall–Kier alpha value is -3.91. The minimum atomic E-state index is -0.311. The van der Waals surface area contributed by atoms with Crippen LogP contribution < -0.4 is 14.8 Å². The van der Waals surface area contributed by atoms with Crippen molar-refractivity contribution in [3.05, 3.63) is 72.6 Å². The van der Waals surface area contributed by atoms with Gasteiger partial charge in [0.2, 0.25) is 0 Å². The zero-order valence-electron chi connectivity index (χ0n) is 18.6. The van der Waals surface area contributed by atoms with E-state index in [1.54, 1.807) is 19.4 Å². The normalized spacial score (nSPS) is 11.0. The van der Waals surface area contributed by atoms with E-state index in [4.69, 9.17) is 9.47 Å². The number of benzene rings is 2. The van der Waals surface area contributed by atoms with E-state index in [0.29, 0.717) is 16.6 Å². The van der Waals surface area contributed by atoms with Crippen LogP contribution >= 0.6 is 11.3 Å². The van der Waals surface area contributed by atoms with Crippen LogP contribution in [0.1, 0.15) is 12.5 Å². The molecule has 1 amide bonds. The molecule has 0 saturated heterocycles. The van der Waals surface area contributed by atoms with Gasteiger partial charge in [-0.25, -0.2) is 9.97 Å². The molecule has 7 nitrogen and oxygen atoms in total. The van der Waals surface area contributed by atoms with Crippen molar-refractivity contribution < 1.29 is 14.3 Å². The number of hydrogen-bond donors (Lipinski definition) is 1. The van der Waals surface area contributed by atoms with E-state index in [1.807, 2.05) is 79.4 Å². The molecule has 0 aliphatic carbocycles. The quantitative estimate of drug-likeness (QED) is 0.388. The third-order valence-electron chi connectivity index (χ3n) is 4.85. The molecule has 0 unspecified atom stereocenters. The molecule has 1 N–H and O–H groups in total. The molecule has 0 radical (unpaired) electrons. The van der Waals surface area contributed by atoms with Crippen molar-refractivity contribution in [2.45, 2.75) is 6.92 Å². The predicted octanol–water partition coefficient (Wildman–Crippen LogP) is 5.27. The maximum absolute atomic E-state index is 12.6. The lowest BCUT2D eigenvalue weighted by atomic mass is 10.1. The molecule has 0 aliphatic heterocycles. The number of aryl methyl sites for hydroxylation is 1. The highest BCUT2D eigenvalue weighted by Gasteiger charge is 2.19. The Balaban J connectivity index is 1.52. The van der Waals surface area contributed by atoms with Gasteiger partial charge in [0.15, 0.2) is 29.1 Å². The van der Waals surface area contributed by atoms with Crippen molar-refractivity contribution in [2.75, 3.05) is 19.0 Å². The number of hydrogen-bond acceptors (Lipinski definition) is 6. The molecule has 33 heavy (non-hydrogen) atoms. The highest BCUT2D eigenvalue weighted by Crippen LogP contribution is 2.38. The molecular weight excluding hydrogens is 436 g/mol. The molecule has 8 heteroatoms. The summed E-state index contributed by atoms with van der Waals surface area (Å²) in [6, 6.07) is 15.4. The van der Waals surface area contributed by atoms with E-state index in [9.17, 15) is 4.79 Å². The second kappa shape index (κ2) is 10.1. The highest BCUT2D eigenvalue weighted by molar-refractivity contribution is 7.19. The summed E-state index contributed by atoms with van der Waals surface area (Å²) in [6.07, 6.45) is 7.53. The van der Waals surface area contributed by atoms with Gasteiger partial charge in [-0.3, -0.25) is 10.1 Å². The van der Waals surface area contributed by atoms with Gasteiger partial charge in [0.25, 0.3) is 5.91 Å². The number of thiazole rings is 1. The van der Waals surface area contributed by atoms with E-state index in [-0.39, 0.29) is 12.5 Å². The maximum atomic E-state index is 12.6. The topological polar surface area (TPSA) is 78.3 Å². The van der Waals surface area contributed by atoms with E-state index in [2.05, 4.69) is 15.3 Å².